The van der Waals surface area contributed by atoms with Gasteiger partial charge in [0.15, 0.2) is 0 Å². The van der Waals surface area contributed by atoms with Gasteiger partial charge in [-0.05, 0) is 62.1 Å². The van der Waals surface area contributed by atoms with Gasteiger partial charge < -0.3 is 4.90 Å². The Morgan fingerprint density at radius 3 is 1.78 bits per heavy atom. The lowest BCUT2D eigenvalue weighted by molar-refractivity contribution is 1.31. The summed E-state index contributed by atoms with van der Waals surface area (Å²) in [6.45, 7) is 0. The molecule has 8 aromatic carbocycles. The van der Waals surface area contributed by atoms with E-state index in [1.54, 1.807) is 0 Å². The van der Waals surface area contributed by atoms with Crippen molar-refractivity contribution in [2.45, 2.75) is 0 Å². The van der Waals surface area contributed by atoms with Gasteiger partial charge in [0.05, 0.1) is 11.4 Å². The summed E-state index contributed by atoms with van der Waals surface area (Å²) in [6.07, 6.45) is 0. The molecule has 192 valence electrons. The number of para-hydroxylation sites is 1. The quantitative estimate of drug-likeness (QED) is 0.208. The van der Waals surface area contributed by atoms with Crippen LogP contribution >= 0.6 is 0 Å². The van der Waals surface area contributed by atoms with Crippen LogP contribution in [0.5, 0.6) is 0 Å². The Hall–Kier alpha value is -5.40. The van der Waals surface area contributed by atoms with E-state index < -0.39 is 0 Å². The molecule has 41 heavy (non-hydrogen) atoms. The van der Waals surface area contributed by atoms with Gasteiger partial charge in [-0.15, -0.1) is 0 Å². The minimum Gasteiger partial charge on any atom is -0.309 e. The minimum absolute atomic E-state index is 1.13. The Bertz CT molecular complexity index is 2210. The van der Waals surface area contributed by atoms with Gasteiger partial charge in [0.2, 0.25) is 0 Å². The van der Waals surface area contributed by atoms with Crippen molar-refractivity contribution in [3.8, 4) is 11.1 Å². The lowest BCUT2D eigenvalue weighted by atomic mass is 9.94. The maximum absolute atomic E-state index is 2.47. The van der Waals surface area contributed by atoms with Crippen molar-refractivity contribution in [2.75, 3.05) is 4.90 Å². The molecule has 0 radical (unpaired) electrons. The number of rotatable bonds is 4. The summed E-state index contributed by atoms with van der Waals surface area (Å²) in [7, 11) is 0. The highest BCUT2D eigenvalue weighted by atomic mass is 15.1. The topological polar surface area (TPSA) is 3.24 Å². The zero-order valence-electron chi connectivity index (χ0n) is 22.5. The van der Waals surface area contributed by atoms with Crippen molar-refractivity contribution in [1.29, 1.82) is 0 Å². The van der Waals surface area contributed by atoms with E-state index in [1.165, 1.54) is 65.6 Å². The van der Waals surface area contributed by atoms with Crippen LogP contribution in [0.25, 0.3) is 54.2 Å². The van der Waals surface area contributed by atoms with Gasteiger partial charge in [-0.3, -0.25) is 0 Å². The molecular formula is C40H27N. The molecule has 0 fully saturated rings. The van der Waals surface area contributed by atoms with Crippen molar-refractivity contribution < 1.29 is 0 Å². The van der Waals surface area contributed by atoms with Crippen molar-refractivity contribution in [3.63, 3.8) is 0 Å². The molecule has 0 amide bonds. The molecule has 0 aliphatic rings. The molecule has 0 unspecified atom stereocenters. The van der Waals surface area contributed by atoms with E-state index in [0.717, 1.165) is 5.69 Å². The van der Waals surface area contributed by atoms with E-state index in [4.69, 9.17) is 0 Å². The molecule has 0 aliphatic carbocycles. The van der Waals surface area contributed by atoms with Crippen LogP contribution in [0.3, 0.4) is 0 Å². The number of hydrogen-bond acceptors (Lipinski definition) is 1. The van der Waals surface area contributed by atoms with E-state index >= 15 is 0 Å². The van der Waals surface area contributed by atoms with Crippen LogP contribution in [0.2, 0.25) is 0 Å². The first-order valence-electron chi connectivity index (χ1n) is 14.1. The Morgan fingerprint density at radius 1 is 0.366 bits per heavy atom. The molecule has 0 aliphatic heterocycles. The molecule has 1 heteroatoms. The minimum atomic E-state index is 1.13. The van der Waals surface area contributed by atoms with E-state index in [2.05, 4.69) is 169 Å². The average Bonchev–Trinajstić information content (AvgIpc) is 3.05. The van der Waals surface area contributed by atoms with Crippen molar-refractivity contribution in [3.05, 3.63) is 164 Å². The predicted molar refractivity (Wildman–Crippen MR) is 177 cm³/mol. The highest BCUT2D eigenvalue weighted by Crippen LogP contribution is 2.48. The summed E-state index contributed by atoms with van der Waals surface area (Å²) in [5.41, 5.74) is 5.89. The van der Waals surface area contributed by atoms with Crippen LogP contribution in [0.15, 0.2) is 164 Å². The van der Waals surface area contributed by atoms with E-state index in [0.29, 0.717) is 0 Å². The molecule has 0 spiro atoms. The average molecular weight is 522 g/mol. The summed E-state index contributed by atoms with van der Waals surface area (Å²) in [5.74, 6) is 0. The van der Waals surface area contributed by atoms with Gasteiger partial charge in [-0.25, -0.2) is 0 Å². The third-order valence-corrected chi connectivity index (χ3v) is 8.19. The highest BCUT2D eigenvalue weighted by molar-refractivity contribution is 6.17. The van der Waals surface area contributed by atoms with Crippen molar-refractivity contribution in [2.24, 2.45) is 0 Å². The second-order valence-corrected chi connectivity index (χ2v) is 10.6. The van der Waals surface area contributed by atoms with Crippen LogP contribution < -0.4 is 4.90 Å². The predicted octanol–water partition coefficient (Wildman–Crippen LogP) is 11.4. The van der Waals surface area contributed by atoms with Crippen molar-refractivity contribution >= 4 is 60.2 Å². The SMILES string of the molecule is c1ccc(N(c2c(-c3ccc4ccccc4c3)ccc3ccccc23)c2cccc3ccc4ccccc4c23)cc1. The van der Waals surface area contributed by atoms with Gasteiger partial charge in [0, 0.05) is 22.0 Å². The molecule has 0 N–H and O–H groups in total. The lowest BCUT2D eigenvalue weighted by Gasteiger charge is -2.31. The number of anilines is 3. The fraction of sp³-hybridized carbons (Fsp3) is 0. The van der Waals surface area contributed by atoms with E-state index in [-0.39, 0.29) is 0 Å². The third-order valence-electron chi connectivity index (χ3n) is 8.19. The number of nitrogens with zero attached hydrogens (tertiary/aromatic N) is 1. The highest BCUT2D eigenvalue weighted by Gasteiger charge is 2.22. The Balaban J connectivity index is 1.52. The Kier molecular flexibility index (Phi) is 5.53. The van der Waals surface area contributed by atoms with Crippen LogP contribution in [0.1, 0.15) is 0 Å². The first-order chi connectivity index (χ1) is 20.3. The molecule has 0 saturated carbocycles. The second-order valence-electron chi connectivity index (χ2n) is 10.6. The largest absolute Gasteiger partial charge is 0.309 e. The molecule has 8 rings (SSSR count). The fourth-order valence-corrected chi connectivity index (χ4v) is 6.28. The molecular weight excluding hydrogens is 494 g/mol. The molecule has 0 bridgehead atoms. The molecule has 0 saturated heterocycles. The smallest absolute Gasteiger partial charge is 0.0618 e. The van der Waals surface area contributed by atoms with Crippen LogP contribution in [-0.4, -0.2) is 0 Å². The normalized spacial score (nSPS) is 11.4. The van der Waals surface area contributed by atoms with Gasteiger partial charge in [0.1, 0.15) is 0 Å². The Labute approximate surface area is 239 Å². The monoisotopic (exact) mass is 521 g/mol. The molecule has 0 heterocycles. The lowest BCUT2D eigenvalue weighted by Crippen LogP contribution is -2.12. The van der Waals surface area contributed by atoms with Crippen molar-refractivity contribution in [1.82, 2.24) is 0 Å². The van der Waals surface area contributed by atoms with Crippen LogP contribution in [0.4, 0.5) is 17.1 Å². The summed E-state index contributed by atoms with van der Waals surface area (Å²) in [4.78, 5) is 2.47. The van der Waals surface area contributed by atoms with Crippen LogP contribution in [-0.2, 0) is 0 Å². The summed E-state index contributed by atoms with van der Waals surface area (Å²) in [5, 5.41) is 9.92. The number of benzene rings is 8. The molecule has 0 atom stereocenters. The van der Waals surface area contributed by atoms with Gasteiger partial charge >= 0.3 is 0 Å². The Morgan fingerprint density at radius 2 is 0.951 bits per heavy atom. The number of fused-ring (bicyclic) bond motifs is 5. The maximum Gasteiger partial charge on any atom is 0.0618 e. The van der Waals surface area contributed by atoms with Gasteiger partial charge in [-0.2, -0.15) is 0 Å². The first-order valence-corrected chi connectivity index (χ1v) is 14.1. The van der Waals surface area contributed by atoms with Gasteiger partial charge in [-0.1, -0.05) is 140 Å². The standard InChI is InChI=1S/C40H27N/c1-2-16-34(17-3-1)41(38-20-10-15-31-23-22-29-12-6-8-18-35(29)39(31)38)40-36-19-9-7-13-30(36)25-26-37(40)33-24-21-28-11-4-5-14-32(28)27-33/h1-27H. The molecule has 1 nitrogen and oxygen atoms in total. The summed E-state index contributed by atoms with van der Waals surface area (Å²) < 4.78 is 0. The summed E-state index contributed by atoms with van der Waals surface area (Å²) in [6, 6.07) is 59.4. The molecule has 0 aromatic heterocycles. The second kappa shape index (κ2) is 9.66. The van der Waals surface area contributed by atoms with E-state index in [9.17, 15) is 0 Å². The first kappa shape index (κ1) is 23.5. The maximum atomic E-state index is 2.47. The number of hydrogen-bond donors (Lipinski definition) is 0. The van der Waals surface area contributed by atoms with E-state index in [1.807, 2.05) is 0 Å². The third kappa shape index (κ3) is 3.94. The van der Waals surface area contributed by atoms with Crippen LogP contribution in [0, 0.1) is 0 Å². The summed E-state index contributed by atoms with van der Waals surface area (Å²) >= 11 is 0. The molecule has 8 aromatic rings. The fourth-order valence-electron chi connectivity index (χ4n) is 6.28. The zero-order chi connectivity index (χ0) is 27.2. The van der Waals surface area contributed by atoms with Gasteiger partial charge in [0.25, 0.3) is 0 Å². The zero-order valence-corrected chi connectivity index (χ0v) is 22.5.